The average molecular weight is 442 g/mol. The standard InChI is InChI=1S/C23H26N2O7/c1-15(26)32-21-11-7-16(13-23(21)31-3)4-8-18(24-28)14-19(27)9-5-17-6-10-20(25-29)22(12-17)30-2/h6-7,10-13,18H,4-5,8-9,14H2,1-3H3. The molecule has 0 N–H and O–H groups in total. The smallest absolute Gasteiger partial charge is 0.308 e. The minimum Gasteiger partial charge on any atom is -0.494 e. The second kappa shape index (κ2) is 12.3. The Hall–Kier alpha value is -3.62. The van der Waals surface area contributed by atoms with Gasteiger partial charge in [-0.25, -0.2) is 0 Å². The predicted octanol–water partition coefficient (Wildman–Crippen LogP) is 4.69. The number of Topliss-reactive ketones (excluding diaryl/α,β-unsaturated/α-hetero) is 1. The van der Waals surface area contributed by atoms with Crippen LogP contribution in [0, 0.1) is 9.81 Å². The van der Waals surface area contributed by atoms with Crippen LogP contribution in [0.2, 0.25) is 0 Å². The lowest BCUT2D eigenvalue weighted by molar-refractivity contribution is -0.132. The van der Waals surface area contributed by atoms with Gasteiger partial charge in [-0.2, -0.15) is 4.91 Å². The van der Waals surface area contributed by atoms with E-state index in [9.17, 15) is 19.4 Å². The molecule has 1 atom stereocenters. The van der Waals surface area contributed by atoms with Crippen LogP contribution in [-0.4, -0.2) is 32.0 Å². The second-order valence-corrected chi connectivity index (χ2v) is 7.22. The lowest BCUT2D eigenvalue weighted by Crippen LogP contribution is -2.13. The lowest BCUT2D eigenvalue weighted by Gasteiger charge is -2.12. The number of carbonyl (C=O) groups excluding carboxylic acids is 2. The molecule has 0 radical (unpaired) electrons. The summed E-state index contributed by atoms with van der Waals surface area (Å²) in [4.78, 5) is 45.5. The van der Waals surface area contributed by atoms with E-state index in [2.05, 4.69) is 10.4 Å². The first-order valence-electron chi connectivity index (χ1n) is 10.1. The first kappa shape index (κ1) is 24.6. The van der Waals surface area contributed by atoms with E-state index < -0.39 is 12.0 Å². The van der Waals surface area contributed by atoms with Crippen LogP contribution >= 0.6 is 0 Å². The highest BCUT2D eigenvalue weighted by Crippen LogP contribution is 2.30. The highest BCUT2D eigenvalue weighted by Gasteiger charge is 2.16. The highest BCUT2D eigenvalue weighted by atomic mass is 16.6. The van der Waals surface area contributed by atoms with Gasteiger partial charge in [-0.05, 0) is 59.8 Å². The third-order valence-electron chi connectivity index (χ3n) is 4.90. The van der Waals surface area contributed by atoms with Gasteiger partial charge in [-0.15, -0.1) is 4.91 Å². The summed E-state index contributed by atoms with van der Waals surface area (Å²) in [7, 11) is 2.91. The minimum atomic E-state index is -0.641. The van der Waals surface area contributed by atoms with E-state index in [1.807, 2.05) is 0 Å². The Labute approximate surface area is 186 Å². The maximum atomic E-state index is 12.4. The van der Waals surface area contributed by atoms with Crippen molar-refractivity contribution in [3.8, 4) is 17.2 Å². The number of esters is 1. The zero-order valence-corrected chi connectivity index (χ0v) is 18.3. The van der Waals surface area contributed by atoms with E-state index in [4.69, 9.17) is 14.2 Å². The van der Waals surface area contributed by atoms with E-state index in [-0.39, 0.29) is 24.3 Å². The summed E-state index contributed by atoms with van der Waals surface area (Å²) in [5.41, 5.74) is 1.90. The molecule has 2 rings (SSSR count). The number of rotatable bonds is 13. The van der Waals surface area contributed by atoms with Crippen LogP contribution in [0.4, 0.5) is 5.69 Å². The van der Waals surface area contributed by atoms with Gasteiger partial charge in [0.25, 0.3) is 0 Å². The van der Waals surface area contributed by atoms with Crippen LogP contribution in [0.15, 0.2) is 46.8 Å². The Morgan fingerprint density at radius 2 is 1.56 bits per heavy atom. The fourth-order valence-corrected chi connectivity index (χ4v) is 3.23. The van der Waals surface area contributed by atoms with Crippen molar-refractivity contribution in [3.05, 3.63) is 57.3 Å². The van der Waals surface area contributed by atoms with Crippen LogP contribution in [0.3, 0.4) is 0 Å². The zero-order valence-electron chi connectivity index (χ0n) is 18.3. The summed E-state index contributed by atoms with van der Waals surface area (Å²) in [5.74, 6) is 0.559. The Morgan fingerprint density at radius 1 is 0.906 bits per heavy atom. The zero-order chi connectivity index (χ0) is 23.5. The fraction of sp³-hybridized carbons (Fsp3) is 0.391. The van der Waals surface area contributed by atoms with Gasteiger partial charge in [-0.3, -0.25) is 9.59 Å². The van der Waals surface area contributed by atoms with Gasteiger partial charge in [0.05, 0.1) is 20.3 Å². The number of ether oxygens (including phenoxy) is 3. The maximum Gasteiger partial charge on any atom is 0.308 e. The predicted molar refractivity (Wildman–Crippen MR) is 119 cm³/mol. The van der Waals surface area contributed by atoms with Gasteiger partial charge in [0.1, 0.15) is 17.2 Å². The number of nitrogens with zero attached hydrogens (tertiary/aromatic N) is 2. The summed E-state index contributed by atoms with van der Waals surface area (Å²) in [5, 5.41) is 5.99. The molecule has 0 fully saturated rings. The largest absolute Gasteiger partial charge is 0.494 e. The molecule has 0 aliphatic heterocycles. The molecule has 2 aromatic carbocycles. The molecule has 0 heterocycles. The number of hydrogen-bond donors (Lipinski definition) is 0. The molecule has 9 nitrogen and oxygen atoms in total. The number of aryl methyl sites for hydroxylation is 2. The number of hydrogen-bond acceptors (Lipinski definition) is 9. The number of methoxy groups -OCH3 is 2. The van der Waals surface area contributed by atoms with Crippen LogP contribution in [0.5, 0.6) is 17.2 Å². The summed E-state index contributed by atoms with van der Waals surface area (Å²) in [6.07, 6.45) is 1.66. The number of nitroso groups, excluding NO2 is 2. The first-order chi connectivity index (χ1) is 15.4. The molecule has 0 aliphatic rings. The molecular formula is C23H26N2O7. The molecule has 9 heteroatoms. The van der Waals surface area contributed by atoms with Gasteiger partial charge in [0, 0.05) is 19.8 Å². The second-order valence-electron chi connectivity index (χ2n) is 7.22. The van der Waals surface area contributed by atoms with Gasteiger partial charge in [0.15, 0.2) is 11.5 Å². The average Bonchev–Trinajstić information content (AvgIpc) is 2.80. The number of ketones is 1. The van der Waals surface area contributed by atoms with Crippen LogP contribution in [-0.2, 0) is 22.4 Å². The van der Waals surface area contributed by atoms with Crippen molar-refractivity contribution in [3.63, 3.8) is 0 Å². The van der Waals surface area contributed by atoms with Crippen molar-refractivity contribution in [1.29, 1.82) is 0 Å². The summed E-state index contributed by atoms with van der Waals surface area (Å²) in [6, 6.07) is 9.42. The highest BCUT2D eigenvalue weighted by molar-refractivity contribution is 5.79. The molecule has 1 unspecified atom stereocenters. The monoisotopic (exact) mass is 442 g/mol. The van der Waals surface area contributed by atoms with Crippen LogP contribution < -0.4 is 14.2 Å². The molecule has 0 saturated carbocycles. The van der Waals surface area contributed by atoms with Crippen molar-refractivity contribution in [1.82, 2.24) is 0 Å². The normalized spacial score (nSPS) is 11.3. The van der Waals surface area contributed by atoms with Gasteiger partial charge in [-0.1, -0.05) is 17.3 Å². The lowest BCUT2D eigenvalue weighted by atomic mass is 9.98. The third-order valence-corrected chi connectivity index (χ3v) is 4.90. The molecule has 2 aromatic rings. The van der Waals surface area contributed by atoms with Crippen molar-refractivity contribution < 1.29 is 23.8 Å². The summed E-state index contributed by atoms with van der Waals surface area (Å²) >= 11 is 0. The molecule has 170 valence electrons. The van der Waals surface area contributed by atoms with E-state index in [1.54, 1.807) is 36.4 Å². The van der Waals surface area contributed by atoms with Crippen molar-refractivity contribution in [2.75, 3.05) is 14.2 Å². The van der Waals surface area contributed by atoms with E-state index >= 15 is 0 Å². The van der Waals surface area contributed by atoms with Gasteiger partial charge < -0.3 is 14.2 Å². The fourth-order valence-electron chi connectivity index (χ4n) is 3.23. The number of benzene rings is 2. The van der Waals surface area contributed by atoms with E-state index in [0.29, 0.717) is 36.5 Å². The molecule has 0 bridgehead atoms. The quantitative estimate of drug-likeness (QED) is 0.251. The van der Waals surface area contributed by atoms with Crippen molar-refractivity contribution in [2.24, 2.45) is 10.4 Å². The van der Waals surface area contributed by atoms with Gasteiger partial charge >= 0.3 is 5.97 Å². The molecule has 32 heavy (non-hydrogen) atoms. The third kappa shape index (κ3) is 7.26. The van der Waals surface area contributed by atoms with Crippen molar-refractivity contribution >= 4 is 17.4 Å². The van der Waals surface area contributed by atoms with E-state index in [1.165, 1.54) is 21.1 Å². The minimum absolute atomic E-state index is 0.0529. The topological polar surface area (TPSA) is 121 Å². The molecular weight excluding hydrogens is 416 g/mol. The van der Waals surface area contributed by atoms with Crippen molar-refractivity contribution in [2.45, 2.75) is 45.1 Å². The number of carbonyl (C=O) groups is 2. The summed E-state index contributed by atoms with van der Waals surface area (Å²) in [6.45, 7) is 1.30. The molecule has 0 amide bonds. The Morgan fingerprint density at radius 3 is 2.19 bits per heavy atom. The summed E-state index contributed by atoms with van der Waals surface area (Å²) < 4.78 is 15.4. The molecule has 0 spiro atoms. The Bertz CT molecular complexity index is 975. The Kier molecular flexibility index (Phi) is 9.46. The SMILES string of the molecule is COc1cc(CCC(=O)CC(CCc2ccc(OC(C)=O)c(OC)c2)N=O)ccc1N=O. The van der Waals surface area contributed by atoms with Crippen LogP contribution in [0.1, 0.15) is 37.3 Å². The van der Waals surface area contributed by atoms with E-state index in [0.717, 1.165) is 11.1 Å². The van der Waals surface area contributed by atoms with Gasteiger partial charge in [0.2, 0.25) is 0 Å². The Balaban J connectivity index is 1.89. The first-order valence-corrected chi connectivity index (χ1v) is 10.1. The maximum absolute atomic E-state index is 12.4. The molecule has 0 saturated heterocycles. The molecule has 0 aromatic heterocycles. The van der Waals surface area contributed by atoms with Crippen LogP contribution in [0.25, 0.3) is 0 Å². The molecule has 0 aliphatic carbocycles.